The van der Waals surface area contributed by atoms with Crippen LogP contribution in [0.1, 0.15) is 23.0 Å². The van der Waals surface area contributed by atoms with Crippen LogP contribution in [-0.4, -0.2) is 35.4 Å². The van der Waals surface area contributed by atoms with E-state index in [9.17, 15) is 9.59 Å². The van der Waals surface area contributed by atoms with Gasteiger partial charge < -0.3 is 15.5 Å². The molecule has 3 aromatic rings. The summed E-state index contributed by atoms with van der Waals surface area (Å²) < 4.78 is 0. The summed E-state index contributed by atoms with van der Waals surface area (Å²) in [5.41, 5.74) is 3.64. The molecule has 0 atom stereocenters. The maximum atomic E-state index is 12.6. The molecule has 29 heavy (non-hydrogen) atoms. The Kier molecular flexibility index (Phi) is 6.52. The third-order valence-electron chi connectivity index (χ3n) is 4.34. The molecule has 0 fully saturated rings. The molecule has 0 aliphatic rings. The number of pyridine rings is 2. The molecule has 0 saturated heterocycles. The largest absolute Gasteiger partial charge is 0.374 e. The molecular weight excluding hydrogens is 366 g/mol. The third-order valence-corrected chi connectivity index (χ3v) is 4.34. The number of hydrogen-bond donors (Lipinski definition) is 2. The van der Waals surface area contributed by atoms with Gasteiger partial charge in [-0.2, -0.15) is 0 Å². The Hall–Kier alpha value is -3.74. The van der Waals surface area contributed by atoms with Gasteiger partial charge in [-0.3, -0.25) is 19.6 Å². The fourth-order valence-corrected chi connectivity index (χ4v) is 2.83. The summed E-state index contributed by atoms with van der Waals surface area (Å²) in [5, 5.41) is 5.51. The lowest BCUT2D eigenvalue weighted by molar-refractivity contribution is -0.114. The summed E-state index contributed by atoms with van der Waals surface area (Å²) in [6.45, 7) is 2.24. The van der Waals surface area contributed by atoms with E-state index in [1.807, 2.05) is 25.2 Å². The summed E-state index contributed by atoms with van der Waals surface area (Å²) in [6.07, 6.45) is 6.07. The van der Waals surface area contributed by atoms with Gasteiger partial charge in [0.05, 0.1) is 0 Å². The van der Waals surface area contributed by atoms with E-state index in [-0.39, 0.29) is 11.8 Å². The average Bonchev–Trinajstić information content (AvgIpc) is 2.72. The van der Waals surface area contributed by atoms with Crippen LogP contribution in [0.5, 0.6) is 0 Å². The minimum atomic E-state index is -0.311. The van der Waals surface area contributed by atoms with E-state index >= 15 is 0 Å². The maximum Gasteiger partial charge on any atom is 0.274 e. The summed E-state index contributed by atoms with van der Waals surface area (Å²) in [6, 6.07) is 14.6. The first-order valence-electron chi connectivity index (χ1n) is 9.26. The predicted octanol–water partition coefficient (Wildman–Crippen LogP) is 3.37. The number of aromatic nitrogens is 2. The molecular formula is C22H23N5O2. The summed E-state index contributed by atoms with van der Waals surface area (Å²) >= 11 is 0. The van der Waals surface area contributed by atoms with Gasteiger partial charge in [0, 0.05) is 56.2 Å². The van der Waals surface area contributed by atoms with Crippen LogP contribution in [0.4, 0.5) is 17.1 Å². The molecule has 1 aromatic carbocycles. The van der Waals surface area contributed by atoms with Crippen LogP contribution in [0.3, 0.4) is 0 Å². The number of benzene rings is 1. The SMILES string of the molecule is CC(=O)Nc1cccc(NC(=O)c2cc(N(C)CCc3ccncc3)ccn2)c1. The number of carbonyl (C=O) groups is 2. The number of nitrogens with one attached hydrogen (secondary N) is 2. The number of carbonyl (C=O) groups excluding carboxylic acids is 2. The Labute approximate surface area is 169 Å². The standard InChI is InChI=1S/C22H23N5O2/c1-16(28)25-18-4-3-5-19(14-18)26-22(29)21-15-20(8-12-24-21)27(2)13-9-17-6-10-23-11-7-17/h3-8,10-12,14-15H,9,13H2,1-2H3,(H,25,28)(H,26,29). The Morgan fingerprint density at radius 1 is 0.966 bits per heavy atom. The van der Waals surface area contributed by atoms with E-state index in [2.05, 4.69) is 25.5 Å². The van der Waals surface area contributed by atoms with Gasteiger partial charge in [0.2, 0.25) is 5.91 Å². The number of likely N-dealkylation sites (N-methyl/N-ethyl adjacent to an activating group) is 1. The molecule has 0 spiro atoms. The van der Waals surface area contributed by atoms with Crippen LogP contribution in [0.25, 0.3) is 0 Å². The summed E-state index contributed by atoms with van der Waals surface area (Å²) in [7, 11) is 1.98. The fraction of sp³-hybridized carbons (Fsp3) is 0.182. The van der Waals surface area contributed by atoms with Gasteiger partial charge in [-0.1, -0.05) is 6.07 Å². The molecule has 2 amide bonds. The van der Waals surface area contributed by atoms with Crippen molar-refractivity contribution in [3.8, 4) is 0 Å². The van der Waals surface area contributed by atoms with Crippen LogP contribution in [0.15, 0.2) is 67.1 Å². The lowest BCUT2D eigenvalue weighted by Gasteiger charge is -2.19. The molecule has 0 saturated carbocycles. The third kappa shape index (κ3) is 5.87. The molecule has 0 unspecified atom stereocenters. The maximum absolute atomic E-state index is 12.6. The number of nitrogens with zero attached hydrogens (tertiary/aromatic N) is 3. The topological polar surface area (TPSA) is 87.2 Å². The highest BCUT2D eigenvalue weighted by atomic mass is 16.2. The van der Waals surface area contributed by atoms with Gasteiger partial charge in [-0.25, -0.2) is 0 Å². The Morgan fingerprint density at radius 2 is 1.69 bits per heavy atom. The molecule has 2 N–H and O–H groups in total. The first kappa shape index (κ1) is 20.0. The van der Waals surface area contributed by atoms with Crippen LogP contribution >= 0.6 is 0 Å². The quantitative estimate of drug-likeness (QED) is 0.647. The van der Waals surface area contributed by atoms with E-state index in [1.165, 1.54) is 12.5 Å². The molecule has 0 aliphatic heterocycles. The molecule has 7 heteroatoms. The van der Waals surface area contributed by atoms with Gasteiger partial charge in [0.15, 0.2) is 0 Å². The average molecular weight is 389 g/mol. The summed E-state index contributed by atoms with van der Waals surface area (Å²) in [5.74, 6) is -0.480. The molecule has 148 valence electrons. The van der Waals surface area contributed by atoms with E-state index in [4.69, 9.17) is 0 Å². The van der Waals surface area contributed by atoms with Gasteiger partial charge in [0.1, 0.15) is 5.69 Å². The van der Waals surface area contributed by atoms with E-state index in [0.29, 0.717) is 17.1 Å². The van der Waals surface area contributed by atoms with Crippen molar-refractivity contribution in [1.29, 1.82) is 0 Å². The monoisotopic (exact) mass is 389 g/mol. The van der Waals surface area contributed by atoms with E-state index in [1.54, 1.807) is 48.9 Å². The number of rotatable bonds is 7. The summed E-state index contributed by atoms with van der Waals surface area (Å²) in [4.78, 5) is 34.1. The highest BCUT2D eigenvalue weighted by molar-refractivity contribution is 6.03. The second-order valence-corrected chi connectivity index (χ2v) is 6.64. The molecule has 0 radical (unpaired) electrons. The lowest BCUT2D eigenvalue weighted by atomic mass is 10.2. The molecule has 3 rings (SSSR count). The highest BCUT2D eigenvalue weighted by Crippen LogP contribution is 2.18. The van der Waals surface area contributed by atoms with Crippen molar-refractivity contribution >= 4 is 28.9 Å². The predicted molar refractivity (Wildman–Crippen MR) is 114 cm³/mol. The van der Waals surface area contributed by atoms with Gasteiger partial charge in [-0.15, -0.1) is 0 Å². The molecule has 0 bridgehead atoms. The molecule has 2 heterocycles. The van der Waals surface area contributed by atoms with Crippen molar-refractivity contribution < 1.29 is 9.59 Å². The Bertz CT molecular complexity index is 991. The Morgan fingerprint density at radius 3 is 2.41 bits per heavy atom. The molecule has 7 nitrogen and oxygen atoms in total. The van der Waals surface area contributed by atoms with Crippen LogP contribution in [0.2, 0.25) is 0 Å². The first-order valence-corrected chi connectivity index (χ1v) is 9.26. The number of amides is 2. The van der Waals surface area contributed by atoms with Crippen molar-refractivity contribution in [1.82, 2.24) is 9.97 Å². The van der Waals surface area contributed by atoms with Crippen LogP contribution < -0.4 is 15.5 Å². The number of anilines is 3. The van der Waals surface area contributed by atoms with Gasteiger partial charge in [0.25, 0.3) is 5.91 Å². The van der Waals surface area contributed by atoms with Crippen LogP contribution in [0, 0.1) is 0 Å². The first-order chi connectivity index (χ1) is 14.0. The van der Waals surface area contributed by atoms with Gasteiger partial charge in [-0.05, 0) is 54.4 Å². The Balaban J connectivity index is 1.65. The zero-order valence-electron chi connectivity index (χ0n) is 16.4. The van der Waals surface area contributed by atoms with Crippen molar-refractivity contribution in [2.24, 2.45) is 0 Å². The van der Waals surface area contributed by atoms with E-state index in [0.717, 1.165) is 18.7 Å². The smallest absolute Gasteiger partial charge is 0.274 e. The van der Waals surface area contributed by atoms with Gasteiger partial charge >= 0.3 is 0 Å². The minimum Gasteiger partial charge on any atom is -0.374 e. The highest BCUT2D eigenvalue weighted by Gasteiger charge is 2.11. The zero-order valence-corrected chi connectivity index (χ0v) is 16.4. The van der Waals surface area contributed by atoms with E-state index < -0.39 is 0 Å². The van der Waals surface area contributed by atoms with Crippen molar-refractivity contribution in [3.63, 3.8) is 0 Å². The molecule has 0 aliphatic carbocycles. The normalized spacial score (nSPS) is 10.3. The molecule has 2 aromatic heterocycles. The minimum absolute atomic E-state index is 0.169. The zero-order chi connectivity index (χ0) is 20.6. The van der Waals surface area contributed by atoms with Crippen molar-refractivity contribution in [3.05, 3.63) is 78.4 Å². The van der Waals surface area contributed by atoms with Crippen LogP contribution in [-0.2, 0) is 11.2 Å². The fourth-order valence-electron chi connectivity index (χ4n) is 2.83. The second kappa shape index (κ2) is 9.45. The van der Waals surface area contributed by atoms with Crippen molar-refractivity contribution in [2.45, 2.75) is 13.3 Å². The second-order valence-electron chi connectivity index (χ2n) is 6.64. The van der Waals surface area contributed by atoms with Crippen molar-refractivity contribution in [2.75, 3.05) is 29.1 Å². The number of hydrogen-bond acceptors (Lipinski definition) is 5. The lowest BCUT2D eigenvalue weighted by Crippen LogP contribution is -2.21.